The number of nitrogens with zero attached hydrogens (tertiary/aromatic N) is 2. The van der Waals surface area contributed by atoms with E-state index in [-0.39, 0.29) is 25.0 Å². The van der Waals surface area contributed by atoms with E-state index in [9.17, 15) is 9.59 Å². The van der Waals surface area contributed by atoms with E-state index >= 15 is 0 Å². The van der Waals surface area contributed by atoms with Crippen LogP contribution in [0.25, 0.3) is 0 Å². The number of hydrogen-bond acceptors (Lipinski definition) is 5. The van der Waals surface area contributed by atoms with Crippen LogP contribution in [-0.4, -0.2) is 57.1 Å². The van der Waals surface area contributed by atoms with Gasteiger partial charge in [-0.15, -0.1) is 0 Å². The lowest BCUT2D eigenvalue weighted by atomic mass is 10.2. The molecule has 0 bridgehead atoms. The maximum atomic E-state index is 12.2. The van der Waals surface area contributed by atoms with E-state index in [0.717, 1.165) is 6.54 Å². The number of anilines is 2. The highest BCUT2D eigenvalue weighted by atomic mass is 35.5. The molecule has 0 fully saturated rings. The number of benzene rings is 2. The number of carbonyl (C=O) groups is 2. The lowest BCUT2D eigenvalue weighted by Gasteiger charge is -2.30. The average molecular weight is 404 g/mol. The monoisotopic (exact) mass is 403 g/mol. The van der Waals surface area contributed by atoms with Crippen molar-refractivity contribution in [3.8, 4) is 11.5 Å². The molecule has 0 atom stereocenters. The van der Waals surface area contributed by atoms with Crippen molar-refractivity contribution >= 4 is 34.8 Å². The lowest BCUT2D eigenvalue weighted by molar-refractivity contribution is -0.121. The molecule has 2 aromatic rings. The summed E-state index contributed by atoms with van der Waals surface area (Å²) in [4.78, 5) is 28.0. The number of rotatable bonds is 7. The minimum Gasteiger partial charge on any atom is -0.484 e. The summed E-state index contributed by atoms with van der Waals surface area (Å²) in [6.45, 7) is 1.17. The fourth-order valence-electron chi connectivity index (χ4n) is 2.70. The minimum absolute atomic E-state index is 0.0164. The van der Waals surface area contributed by atoms with Gasteiger partial charge in [-0.25, -0.2) is 0 Å². The van der Waals surface area contributed by atoms with Crippen molar-refractivity contribution in [3.05, 3.63) is 47.5 Å². The molecule has 28 heavy (non-hydrogen) atoms. The van der Waals surface area contributed by atoms with Crippen LogP contribution >= 0.6 is 11.6 Å². The van der Waals surface area contributed by atoms with E-state index < -0.39 is 0 Å². The summed E-state index contributed by atoms with van der Waals surface area (Å²) in [7, 11) is 3.91. The van der Waals surface area contributed by atoms with Crippen molar-refractivity contribution in [3.63, 3.8) is 0 Å². The quantitative estimate of drug-likeness (QED) is 0.769. The Bertz CT molecular complexity index is 855. The Hall–Kier alpha value is -2.77. The van der Waals surface area contributed by atoms with Crippen LogP contribution in [0.2, 0.25) is 5.02 Å². The van der Waals surface area contributed by atoms with Gasteiger partial charge >= 0.3 is 0 Å². The van der Waals surface area contributed by atoms with Gasteiger partial charge in [0.15, 0.2) is 13.2 Å². The predicted octanol–water partition coefficient (Wildman–Crippen LogP) is 2.64. The smallest absolute Gasteiger partial charge is 0.265 e. The number of amides is 2. The first-order valence-corrected chi connectivity index (χ1v) is 9.20. The second kappa shape index (κ2) is 8.95. The third-order valence-electron chi connectivity index (χ3n) is 4.14. The molecule has 3 rings (SSSR count). The third-order valence-corrected chi connectivity index (χ3v) is 4.39. The van der Waals surface area contributed by atoms with Gasteiger partial charge in [-0.1, -0.05) is 11.6 Å². The topological polar surface area (TPSA) is 71.1 Å². The fourth-order valence-corrected chi connectivity index (χ4v) is 2.83. The zero-order valence-electron chi connectivity index (χ0n) is 15.8. The van der Waals surface area contributed by atoms with Gasteiger partial charge in [0, 0.05) is 29.9 Å². The van der Waals surface area contributed by atoms with Crippen LogP contribution in [0.15, 0.2) is 42.5 Å². The highest BCUT2D eigenvalue weighted by Gasteiger charge is 2.25. The first-order chi connectivity index (χ1) is 13.4. The van der Waals surface area contributed by atoms with Gasteiger partial charge in [-0.3, -0.25) is 9.59 Å². The van der Waals surface area contributed by atoms with Crippen LogP contribution in [0, 0.1) is 0 Å². The lowest BCUT2D eigenvalue weighted by Crippen LogP contribution is -2.42. The van der Waals surface area contributed by atoms with Gasteiger partial charge in [-0.2, -0.15) is 0 Å². The summed E-state index contributed by atoms with van der Waals surface area (Å²) >= 11 is 5.82. The van der Waals surface area contributed by atoms with Crippen LogP contribution in [0.3, 0.4) is 0 Å². The molecule has 1 heterocycles. The normalized spacial score (nSPS) is 13.1. The molecule has 7 nitrogen and oxygen atoms in total. The van der Waals surface area contributed by atoms with Crippen molar-refractivity contribution in [2.75, 3.05) is 50.6 Å². The summed E-state index contributed by atoms with van der Waals surface area (Å²) in [5, 5.41) is 3.37. The van der Waals surface area contributed by atoms with E-state index in [4.69, 9.17) is 21.1 Å². The first kappa shape index (κ1) is 20.0. The third kappa shape index (κ3) is 5.15. The number of likely N-dealkylation sites (N-methyl/N-ethyl adjacent to an activating group) is 1. The Morgan fingerprint density at radius 2 is 2.00 bits per heavy atom. The largest absolute Gasteiger partial charge is 0.484 e. The molecule has 2 amide bonds. The summed E-state index contributed by atoms with van der Waals surface area (Å²) in [6.07, 6.45) is 0. The zero-order chi connectivity index (χ0) is 20.1. The number of ether oxygens (including phenoxy) is 2. The predicted molar refractivity (Wildman–Crippen MR) is 108 cm³/mol. The fraction of sp³-hybridized carbons (Fsp3) is 0.300. The summed E-state index contributed by atoms with van der Waals surface area (Å²) < 4.78 is 11.0. The molecule has 0 saturated heterocycles. The molecule has 2 aromatic carbocycles. The molecule has 1 aliphatic heterocycles. The van der Waals surface area contributed by atoms with Gasteiger partial charge < -0.3 is 24.6 Å². The van der Waals surface area contributed by atoms with Crippen LogP contribution in [0.1, 0.15) is 0 Å². The first-order valence-electron chi connectivity index (χ1n) is 8.82. The van der Waals surface area contributed by atoms with E-state index in [0.29, 0.717) is 34.4 Å². The molecular weight excluding hydrogens is 382 g/mol. The van der Waals surface area contributed by atoms with Crippen LogP contribution in [0.4, 0.5) is 11.4 Å². The van der Waals surface area contributed by atoms with E-state index in [1.54, 1.807) is 47.4 Å². The maximum absolute atomic E-state index is 12.2. The summed E-state index contributed by atoms with van der Waals surface area (Å²) in [5.41, 5.74) is 1.28. The van der Waals surface area contributed by atoms with E-state index in [1.165, 1.54) is 0 Å². The molecule has 148 valence electrons. The SMILES string of the molecule is CN(C)CCN1C(=O)COc2cc(NC(=O)COc3ccc(Cl)cc3)ccc21. The van der Waals surface area contributed by atoms with Gasteiger partial charge in [-0.05, 0) is 50.5 Å². The Morgan fingerprint density at radius 3 is 2.71 bits per heavy atom. The Kier molecular flexibility index (Phi) is 6.38. The second-order valence-corrected chi connectivity index (χ2v) is 7.05. The number of carbonyl (C=O) groups excluding carboxylic acids is 2. The van der Waals surface area contributed by atoms with E-state index in [2.05, 4.69) is 5.32 Å². The number of hydrogen-bond donors (Lipinski definition) is 1. The standard InChI is InChI=1S/C20H22ClN3O4/c1-23(2)9-10-24-17-8-5-15(11-18(17)28-13-20(24)26)22-19(25)12-27-16-6-3-14(21)4-7-16/h3-8,11H,9-10,12-13H2,1-2H3,(H,22,25). The molecule has 1 N–H and O–H groups in total. The molecule has 0 saturated carbocycles. The van der Waals surface area contributed by atoms with Crippen LogP contribution in [0.5, 0.6) is 11.5 Å². The number of fused-ring (bicyclic) bond motifs is 1. The van der Waals surface area contributed by atoms with Gasteiger partial charge in [0.25, 0.3) is 11.8 Å². The van der Waals surface area contributed by atoms with Crippen LogP contribution < -0.4 is 19.7 Å². The van der Waals surface area contributed by atoms with Crippen molar-refractivity contribution in [2.45, 2.75) is 0 Å². The summed E-state index contributed by atoms with van der Waals surface area (Å²) in [6, 6.07) is 12.0. The highest BCUT2D eigenvalue weighted by Crippen LogP contribution is 2.34. The van der Waals surface area contributed by atoms with Crippen molar-refractivity contribution in [2.24, 2.45) is 0 Å². The Balaban J connectivity index is 1.62. The highest BCUT2D eigenvalue weighted by molar-refractivity contribution is 6.30. The number of nitrogens with one attached hydrogen (secondary N) is 1. The molecule has 0 spiro atoms. The zero-order valence-corrected chi connectivity index (χ0v) is 16.5. The van der Waals surface area contributed by atoms with E-state index in [1.807, 2.05) is 19.0 Å². The molecule has 0 aromatic heterocycles. The van der Waals surface area contributed by atoms with Gasteiger partial charge in [0.05, 0.1) is 5.69 Å². The van der Waals surface area contributed by atoms with Crippen molar-refractivity contribution in [1.29, 1.82) is 0 Å². The Labute approximate surface area is 168 Å². The molecular formula is C20H22ClN3O4. The van der Waals surface area contributed by atoms with Crippen LogP contribution in [-0.2, 0) is 9.59 Å². The molecule has 8 heteroatoms. The number of halogens is 1. The average Bonchev–Trinajstić information content (AvgIpc) is 2.66. The second-order valence-electron chi connectivity index (χ2n) is 6.61. The van der Waals surface area contributed by atoms with Gasteiger partial charge in [0.1, 0.15) is 11.5 Å². The molecule has 0 unspecified atom stereocenters. The maximum Gasteiger partial charge on any atom is 0.265 e. The van der Waals surface area contributed by atoms with Crippen molar-refractivity contribution in [1.82, 2.24) is 4.90 Å². The molecule has 0 radical (unpaired) electrons. The van der Waals surface area contributed by atoms with Crippen molar-refractivity contribution < 1.29 is 19.1 Å². The van der Waals surface area contributed by atoms with Gasteiger partial charge in [0.2, 0.25) is 0 Å². The summed E-state index contributed by atoms with van der Waals surface area (Å²) in [5.74, 6) is 0.742. The molecule has 0 aliphatic carbocycles. The minimum atomic E-state index is -0.300. The Morgan fingerprint density at radius 1 is 1.25 bits per heavy atom. The molecule has 1 aliphatic rings.